The van der Waals surface area contributed by atoms with Crippen molar-refractivity contribution in [2.24, 2.45) is 5.10 Å². The fourth-order valence-corrected chi connectivity index (χ4v) is 1.65. The van der Waals surface area contributed by atoms with Gasteiger partial charge in [0.05, 0.1) is 13.3 Å². The molecule has 0 unspecified atom stereocenters. The molecule has 2 aromatic carbocycles. The number of benzene rings is 2. The van der Waals surface area contributed by atoms with E-state index in [1.807, 2.05) is 12.1 Å². The molecule has 102 valence electrons. The molecular weight excluding hydrogens is 276 g/mol. The zero-order valence-corrected chi connectivity index (χ0v) is 11.6. The Bertz CT molecular complexity index is 607. The summed E-state index contributed by atoms with van der Waals surface area (Å²) in [5.74, 6) is 0.420. The number of nitrogens with zero attached hydrogens (tertiary/aromatic N) is 1. The molecule has 0 fully saturated rings. The zero-order chi connectivity index (χ0) is 14.4. The van der Waals surface area contributed by atoms with Crippen LogP contribution >= 0.6 is 11.6 Å². The van der Waals surface area contributed by atoms with Gasteiger partial charge < -0.3 is 4.74 Å². The van der Waals surface area contributed by atoms with Crippen LogP contribution in [-0.4, -0.2) is 19.2 Å². The lowest BCUT2D eigenvalue weighted by Crippen LogP contribution is -2.17. The van der Waals surface area contributed by atoms with Gasteiger partial charge in [0.1, 0.15) is 5.75 Å². The molecule has 1 N–H and O–H groups in total. The summed E-state index contributed by atoms with van der Waals surface area (Å²) in [4.78, 5) is 11.8. The van der Waals surface area contributed by atoms with E-state index in [0.29, 0.717) is 16.3 Å². The second-order valence-corrected chi connectivity index (χ2v) is 4.42. The molecule has 0 aromatic heterocycles. The maximum absolute atomic E-state index is 11.8. The number of nitrogens with one attached hydrogen (secondary N) is 1. The van der Waals surface area contributed by atoms with Crippen molar-refractivity contribution in [2.45, 2.75) is 0 Å². The molecule has 2 aromatic rings. The van der Waals surface area contributed by atoms with Crippen molar-refractivity contribution < 1.29 is 9.53 Å². The first-order chi connectivity index (χ1) is 9.69. The molecule has 0 aliphatic rings. The van der Waals surface area contributed by atoms with Gasteiger partial charge in [-0.05, 0) is 42.0 Å². The van der Waals surface area contributed by atoms with Gasteiger partial charge in [-0.2, -0.15) is 5.10 Å². The van der Waals surface area contributed by atoms with Crippen molar-refractivity contribution in [1.29, 1.82) is 0 Å². The summed E-state index contributed by atoms with van der Waals surface area (Å²) in [7, 11) is 1.57. The molecule has 0 aliphatic heterocycles. The minimum absolute atomic E-state index is 0.280. The predicted octanol–water partition coefficient (Wildman–Crippen LogP) is 3.11. The van der Waals surface area contributed by atoms with E-state index < -0.39 is 0 Å². The number of methoxy groups -OCH3 is 1. The summed E-state index contributed by atoms with van der Waals surface area (Å²) in [6.07, 6.45) is 1.55. The molecule has 0 atom stereocenters. The first-order valence-corrected chi connectivity index (χ1v) is 6.30. The van der Waals surface area contributed by atoms with Gasteiger partial charge in [0.25, 0.3) is 5.91 Å². The molecule has 0 heterocycles. The molecule has 5 heteroatoms. The van der Waals surface area contributed by atoms with E-state index in [2.05, 4.69) is 10.5 Å². The Balaban J connectivity index is 1.95. The van der Waals surface area contributed by atoms with Crippen LogP contribution in [0.1, 0.15) is 15.9 Å². The normalized spacial score (nSPS) is 10.5. The van der Waals surface area contributed by atoms with Crippen LogP contribution in [0.3, 0.4) is 0 Å². The van der Waals surface area contributed by atoms with E-state index in [1.165, 1.54) is 0 Å². The number of hydrazone groups is 1. The number of amides is 1. The first kappa shape index (κ1) is 14.1. The average Bonchev–Trinajstić information content (AvgIpc) is 2.49. The van der Waals surface area contributed by atoms with Crippen LogP contribution in [0, 0.1) is 0 Å². The van der Waals surface area contributed by atoms with Crippen LogP contribution in [-0.2, 0) is 0 Å². The standard InChI is InChI=1S/C15H13ClN2O2/c1-20-14-8-4-12(5-9-14)15(19)18-17-10-11-2-6-13(16)7-3-11/h2-10H,1H3,(H,18,19). The third-order valence-corrected chi connectivity index (χ3v) is 2.85. The quantitative estimate of drug-likeness (QED) is 0.694. The van der Waals surface area contributed by atoms with Crippen LogP contribution in [0.25, 0.3) is 0 Å². The number of ether oxygens (including phenoxy) is 1. The molecule has 1 amide bonds. The second-order valence-electron chi connectivity index (χ2n) is 3.98. The smallest absolute Gasteiger partial charge is 0.271 e. The Morgan fingerprint density at radius 3 is 2.40 bits per heavy atom. The van der Waals surface area contributed by atoms with Gasteiger partial charge in [-0.1, -0.05) is 23.7 Å². The van der Waals surface area contributed by atoms with E-state index in [-0.39, 0.29) is 5.91 Å². The molecular formula is C15H13ClN2O2. The van der Waals surface area contributed by atoms with Crippen molar-refractivity contribution in [3.8, 4) is 5.75 Å². The number of carbonyl (C=O) groups excluding carboxylic acids is 1. The molecule has 4 nitrogen and oxygen atoms in total. The van der Waals surface area contributed by atoms with Crippen molar-refractivity contribution in [3.05, 3.63) is 64.7 Å². The van der Waals surface area contributed by atoms with E-state index in [1.54, 1.807) is 49.7 Å². The third kappa shape index (κ3) is 3.83. The minimum atomic E-state index is -0.280. The topological polar surface area (TPSA) is 50.7 Å². The summed E-state index contributed by atoms with van der Waals surface area (Å²) < 4.78 is 5.03. The minimum Gasteiger partial charge on any atom is -0.497 e. The van der Waals surface area contributed by atoms with Gasteiger partial charge in [-0.15, -0.1) is 0 Å². The summed E-state index contributed by atoms with van der Waals surface area (Å²) in [5, 5.41) is 4.55. The van der Waals surface area contributed by atoms with Crippen LogP contribution in [0.15, 0.2) is 53.6 Å². The molecule has 2 rings (SSSR count). The highest BCUT2D eigenvalue weighted by molar-refractivity contribution is 6.30. The highest BCUT2D eigenvalue weighted by Gasteiger charge is 2.03. The third-order valence-electron chi connectivity index (χ3n) is 2.60. The van der Waals surface area contributed by atoms with Gasteiger partial charge in [-0.25, -0.2) is 5.43 Å². The maximum atomic E-state index is 11.8. The Morgan fingerprint density at radius 1 is 1.15 bits per heavy atom. The summed E-state index contributed by atoms with van der Waals surface area (Å²) in [5.41, 5.74) is 3.82. The van der Waals surface area contributed by atoms with Gasteiger partial charge >= 0.3 is 0 Å². The maximum Gasteiger partial charge on any atom is 0.271 e. The van der Waals surface area contributed by atoms with Gasteiger partial charge in [-0.3, -0.25) is 4.79 Å². The van der Waals surface area contributed by atoms with Gasteiger partial charge in [0.2, 0.25) is 0 Å². The van der Waals surface area contributed by atoms with Crippen LogP contribution < -0.4 is 10.2 Å². The van der Waals surface area contributed by atoms with Crippen molar-refractivity contribution in [3.63, 3.8) is 0 Å². The fraction of sp³-hybridized carbons (Fsp3) is 0.0667. The van der Waals surface area contributed by atoms with Crippen LogP contribution in [0.2, 0.25) is 5.02 Å². The Labute approximate surface area is 122 Å². The monoisotopic (exact) mass is 288 g/mol. The summed E-state index contributed by atoms with van der Waals surface area (Å²) in [6.45, 7) is 0. The molecule has 0 bridgehead atoms. The van der Waals surface area contributed by atoms with Gasteiger partial charge in [0.15, 0.2) is 0 Å². The average molecular weight is 289 g/mol. The number of halogens is 1. The molecule has 0 spiro atoms. The first-order valence-electron chi connectivity index (χ1n) is 5.92. The molecule has 0 saturated carbocycles. The lowest BCUT2D eigenvalue weighted by molar-refractivity contribution is 0.0955. The molecule has 20 heavy (non-hydrogen) atoms. The second kappa shape index (κ2) is 6.73. The number of carbonyl (C=O) groups is 1. The number of rotatable bonds is 4. The summed E-state index contributed by atoms with van der Waals surface area (Å²) >= 11 is 5.78. The van der Waals surface area contributed by atoms with Crippen molar-refractivity contribution in [1.82, 2.24) is 5.43 Å². The van der Waals surface area contributed by atoms with E-state index in [0.717, 1.165) is 5.56 Å². The lowest BCUT2D eigenvalue weighted by Gasteiger charge is -2.02. The molecule has 0 radical (unpaired) electrons. The molecule has 0 saturated heterocycles. The zero-order valence-electron chi connectivity index (χ0n) is 10.8. The Hall–Kier alpha value is -2.33. The predicted molar refractivity (Wildman–Crippen MR) is 79.5 cm³/mol. The number of hydrogen-bond donors (Lipinski definition) is 1. The largest absolute Gasteiger partial charge is 0.497 e. The Morgan fingerprint density at radius 2 is 1.80 bits per heavy atom. The van der Waals surface area contributed by atoms with E-state index in [4.69, 9.17) is 16.3 Å². The van der Waals surface area contributed by atoms with Gasteiger partial charge in [0, 0.05) is 10.6 Å². The Kier molecular flexibility index (Phi) is 4.74. The number of hydrogen-bond acceptors (Lipinski definition) is 3. The van der Waals surface area contributed by atoms with Crippen molar-refractivity contribution in [2.75, 3.05) is 7.11 Å². The van der Waals surface area contributed by atoms with E-state index >= 15 is 0 Å². The van der Waals surface area contributed by atoms with Crippen molar-refractivity contribution >= 4 is 23.7 Å². The SMILES string of the molecule is COc1ccc(C(=O)NN=Cc2ccc(Cl)cc2)cc1. The summed E-state index contributed by atoms with van der Waals surface area (Å²) in [6, 6.07) is 13.9. The van der Waals surface area contributed by atoms with Crippen LogP contribution in [0.4, 0.5) is 0 Å². The molecule has 0 aliphatic carbocycles. The van der Waals surface area contributed by atoms with E-state index in [9.17, 15) is 4.79 Å². The fourth-order valence-electron chi connectivity index (χ4n) is 1.52. The highest BCUT2D eigenvalue weighted by Crippen LogP contribution is 2.11. The lowest BCUT2D eigenvalue weighted by atomic mass is 10.2. The highest BCUT2D eigenvalue weighted by atomic mass is 35.5. The van der Waals surface area contributed by atoms with Crippen LogP contribution in [0.5, 0.6) is 5.75 Å².